The van der Waals surface area contributed by atoms with Crippen molar-refractivity contribution < 1.29 is 32.2 Å². The quantitative estimate of drug-likeness (QED) is 0.780. The molecule has 0 aliphatic carbocycles. The monoisotopic (exact) mass is 408 g/mol. The number of hydrogen-bond donors (Lipinski definition) is 0. The van der Waals surface area contributed by atoms with Crippen molar-refractivity contribution in [1.82, 2.24) is 9.88 Å². The lowest BCUT2D eigenvalue weighted by Gasteiger charge is -2.33. The van der Waals surface area contributed by atoms with E-state index >= 15 is 0 Å². The highest BCUT2D eigenvalue weighted by molar-refractivity contribution is 5.82. The smallest absolute Gasteiger partial charge is 0.416 e. The Morgan fingerprint density at radius 3 is 2.66 bits per heavy atom. The summed E-state index contributed by atoms with van der Waals surface area (Å²) in [4.78, 5) is 18.3. The van der Waals surface area contributed by atoms with E-state index in [1.807, 2.05) is 6.07 Å². The Kier molecular flexibility index (Phi) is 4.97. The molecule has 1 fully saturated rings. The number of amides is 1. The molecule has 4 rings (SSSR count). The largest absolute Gasteiger partial charge is 0.482 e. The second kappa shape index (κ2) is 7.46. The van der Waals surface area contributed by atoms with Crippen molar-refractivity contribution in [2.75, 3.05) is 13.1 Å². The molecule has 1 aromatic heterocycles. The van der Waals surface area contributed by atoms with Crippen molar-refractivity contribution in [3.63, 3.8) is 0 Å². The van der Waals surface area contributed by atoms with E-state index in [-0.39, 0.29) is 18.3 Å². The van der Waals surface area contributed by atoms with Gasteiger partial charge in [-0.15, -0.1) is 0 Å². The van der Waals surface area contributed by atoms with Crippen LogP contribution in [0.15, 0.2) is 42.6 Å². The van der Waals surface area contributed by atoms with E-state index in [1.54, 1.807) is 30.0 Å². The van der Waals surface area contributed by atoms with Crippen LogP contribution in [0.2, 0.25) is 0 Å². The zero-order valence-electron chi connectivity index (χ0n) is 15.6. The number of rotatable bonds is 3. The van der Waals surface area contributed by atoms with Crippen LogP contribution < -0.4 is 14.2 Å². The van der Waals surface area contributed by atoms with Crippen molar-refractivity contribution in [2.45, 2.75) is 37.8 Å². The van der Waals surface area contributed by atoms with Gasteiger partial charge in [0.25, 0.3) is 5.91 Å². The van der Waals surface area contributed by atoms with Gasteiger partial charge in [0.2, 0.25) is 12.0 Å². The fraction of sp³-hybridized carbons (Fsp3) is 0.400. The summed E-state index contributed by atoms with van der Waals surface area (Å²) in [6.45, 7) is 2.41. The summed E-state index contributed by atoms with van der Waals surface area (Å²) in [5.74, 6) is 0.736. The highest BCUT2D eigenvalue weighted by Gasteiger charge is 2.40. The zero-order chi connectivity index (χ0) is 20.6. The van der Waals surface area contributed by atoms with Crippen molar-refractivity contribution in [1.29, 1.82) is 0 Å². The second-order valence-electron chi connectivity index (χ2n) is 7.00. The van der Waals surface area contributed by atoms with E-state index in [0.717, 1.165) is 18.3 Å². The van der Waals surface area contributed by atoms with E-state index in [4.69, 9.17) is 14.2 Å². The number of para-hydroxylation sites is 2. The molecule has 0 N–H and O–H groups in total. The number of likely N-dealkylation sites (tertiary alicyclic amines) is 1. The van der Waals surface area contributed by atoms with Crippen LogP contribution in [0.4, 0.5) is 13.2 Å². The minimum atomic E-state index is -4.47. The number of fused-ring (bicyclic) bond motifs is 1. The Morgan fingerprint density at radius 1 is 1.21 bits per heavy atom. The fourth-order valence-electron chi connectivity index (χ4n) is 3.42. The van der Waals surface area contributed by atoms with Crippen LogP contribution in [-0.4, -0.2) is 47.2 Å². The normalized spacial score (nSPS) is 23.7. The van der Waals surface area contributed by atoms with Crippen LogP contribution in [0, 0.1) is 0 Å². The van der Waals surface area contributed by atoms with E-state index in [2.05, 4.69) is 4.98 Å². The molecule has 2 aliphatic rings. The van der Waals surface area contributed by atoms with Crippen LogP contribution >= 0.6 is 0 Å². The first-order valence-corrected chi connectivity index (χ1v) is 9.22. The fourth-order valence-corrected chi connectivity index (χ4v) is 3.42. The maximum atomic E-state index is 12.9. The van der Waals surface area contributed by atoms with Gasteiger partial charge in [0.05, 0.1) is 12.1 Å². The van der Waals surface area contributed by atoms with Gasteiger partial charge in [0.1, 0.15) is 12.2 Å². The Labute approximate surface area is 165 Å². The summed E-state index contributed by atoms with van der Waals surface area (Å²) in [6, 6.07) is 8.87. The number of ether oxygens (including phenoxy) is 3. The molecular formula is C20H19F3N2O4. The molecule has 1 saturated heterocycles. The van der Waals surface area contributed by atoms with Gasteiger partial charge in [-0.25, -0.2) is 4.98 Å². The molecule has 0 saturated carbocycles. The summed E-state index contributed by atoms with van der Waals surface area (Å²) in [7, 11) is 0. The SMILES string of the molecule is CC1Oc2ccccc2OC1C(=O)N1CCC(Oc2cc(C(F)(F)F)ccn2)C1. The van der Waals surface area contributed by atoms with Gasteiger partial charge in [-0.1, -0.05) is 12.1 Å². The predicted molar refractivity (Wildman–Crippen MR) is 95.8 cm³/mol. The topological polar surface area (TPSA) is 60.9 Å². The summed E-state index contributed by atoms with van der Waals surface area (Å²) in [5, 5.41) is 0. The number of alkyl halides is 3. The van der Waals surface area contributed by atoms with Crippen LogP contribution in [0.5, 0.6) is 17.4 Å². The molecule has 3 atom stereocenters. The van der Waals surface area contributed by atoms with Crippen molar-refractivity contribution in [3.8, 4) is 17.4 Å². The van der Waals surface area contributed by atoms with Crippen LogP contribution in [-0.2, 0) is 11.0 Å². The molecule has 3 unspecified atom stereocenters. The summed E-state index contributed by atoms with van der Waals surface area (Å²) in [5.41, 5.74) is -0.825. The van der Waals surface area contributed by atoms with Crippen molar-refractivity contribution >= 4 is 5.91 Å². The van der Waals surface area contributed by atoms with Crippen LogP contribution in [0.3, 0.4) is 0 Å². The van der Waals surface area contributed by atoms with Gasteiger partial charge in [0, 0.05) is 25.2 Å². The maximum absolute atomic E-state index is 12.9. The molecule has 154 valence electrons. The minimum absolute atomic E-state index is 0.112. The number of halogens is 3. The van der Waals surface area contributed by atoms with E-state index in [9.17, 15) is 18.0 Å². The molecule has 9 heteroatoms. The van der Waals surface area contributed by atoms with Gasteiger partial charge >= 0.3 is 6.18 Å². The Bertz CT molecular complexity index is 905. The Hall–Kier alpha value is -2.97. The molecular weight excluding hydrogens is 389 g/mol. The number of carbonyl (C=O) groups excluding carboxylic acids is 1. The lowest BCUT2D eigenvalue weighted by atomic mass is 10.1. The first kappa shape index (κ1) is 19.4. The zero-order valence-corrected chi connectivity index (χ0v) is 15.6. The van der Waals surface area contributed by atoms with Crippen LogP contribution in [0.25, 0.3) is 0 Å². The number of pyridine rings is 1. The number of aromatic nitrogens is 1. The Morgan fingerprint density at radius 2 is 1.93 bits per heavy atom. The molecule has 2 aliphatic heterocycles. The van der Waals surface area contributed by atoms with Crippen molar-refractivity contribution in [3.05, 3.63) is 48.2 Å². The molecule has 1 aromatic carbocycles. The lowest BCUT2D eigenvalue weighted by Crippen LogP contribution is -2.50. The third kappa shape index (κ3) is 4.08. The van der Waals surface area contributed by atoms with E-state index in [1.165, 1.54) is 0 Å². The molecule has 2 aromatic rings. The third-order valence-electron chi connectivity index (χ3n) is 4.89. The lowest BCUT2D eigenvalue weighted by molar-refractivity contribution is -0.143. The predicted octanol–water partition coefficient (Wildman–Crippen LogP) is 3.31. The highest BCUT2D eigenvalue weighted by atomic mass is 19.4. The molecule has 1 amide bonds. The van der Waals surface area contributed by atoms with E-state index < -0.39 is 30.1 Å². The van der Waals surface area contributed by atoms with Crippen LogP contribution in [0.1, 0.15) is 18.9 Å². The standard InChI is InChI=1S/C20H19F3N2O4/c1-12-18(29-16-5-3-2-4-15(16)27-12)19(26)25-9-7-14(11-25)28-17-10-13(6-8-24-17)20(21,22)23/h2-6,8,10,12,14,18H,7,9,11H2,1H3. The number of hydrogen-bond acceptors (Lipinski definition) is 5. The summed E-state index contributed by atoms with van der Waals surface area (Å²) >= 11 is 0. The molecule has 6 nitrogen and oxygen atoms in total. The number of benzene rings is 1. The first-order valence-electron chi connectivity index (χ1n) is 9.22. The van der Waals surface area contributed by atoms with Gasteiger partial charge in [0.15, 0.2) is 11.5 Å². The average molecular weight is 408 g/mol. The van der Waals surface area contributed by atoms with Gasteiger partial charge in [-0.05, 0) is 25.1 Å². The first-order chi connectivity index (χ1) is 13.8. The number of nitrogens with zero attached hydrogens (tertiary/aromatic N) is 2. The average Bonchev–Trinajstić information content (AvgIpc) is 3.15. The van der Waals surface area contributed by atoms with Crippen molar-refractivity contribution in [2.24, 2.45) is 0 Å². The number of carbonyl (C=O) groups is 1. The second-order valence-corrected chi connectivity index (χ2v) is 7.00. The molecule has 0 radical (unpaired) electrons. The maximum Gasteiger partial charge on any atom is 0.416 e. The third-order valence-corrected chi connectivity index (χ3v) is 4.89. The highest BCUT2D eigenvalue weighted by Crippen LogP contribution is 2.34. The van der Waals surface area contributed by atoms with E-state index in [0.29, 0.717) is 24.5 Å². The van der Waals surface area contributed by atoms with Gasteiger partial charge < -0.3 is 19.1 Å². The Balaban J connectivity index is 1.39. The summed E-state index contributed by atoms with van der Waals surface area (Å²) in [6.07, 6.45) is -4.63. The minimum Gasteiger partial charge on any atom is -0.482 e. The van der Waals surface area contributed by atoms with Gasteiger partial charge in [-0.3, -0.25) is 4.79 Å². The molecule has 0 spiro atoms. The molecule has 0 bridgehead atoms. The summed E-state index contributed by atoms with van der Waals surface area (Å²) < 4.78 is 55.7. The molecule has 3 heterocycles. The van der Waals surface area contributed by atoms with Gasteiger partial charge in [-0.2, -0.15) is 13.2 Å². The molecule has 29 heavy (non-hydrogen) atoms.